The fraction of sp³-hybridized carbons (Fsp3) is 0.667. The van der Waals surface area contributed by atoms with Crippen LogP contribution < -0.4 is 5.32 Å². The smallest absolute Gasteiger partial charge is 0.131 e. The maximum Gasteiger partial charge on any atom is 0.131 e. The Morgan fingerprint density at radius 3 is 3.19 bits per heavy atom. The molecular formula is C12H17BrN2O. The summed E-state index contributed by atoms with van der Waals surface area (Å²) in [5, 5.41) is 3.62. The van der Waals surface area contributed by atoms with Crippen LogP contribution in [0.4, 0.5) is 0 Å². The Morgan fingerprint density at radius 1 is 1.50 bits per heavy atom. The van der Waals surface area contributed by atoms with Crippen molar-refractivity contribution < 1.29 is 4.42 Å². The van der Waals surface area contributed by atoms with Crippen molar-refractivity contribution in [2.45, 2.75) is 25.4 Å². The van der Waals surface area contributed by atoms with Gasteiger partial charge in [-0.05, 0) is 47.3 Å². The van der Waals surface area contributed by atoms with Crippen LogP contribution in [0.1, 0.15) is 18.6 Å². The highest BCUT2D eigenvalue weighted by atomic mass is 79.9. The van der Waals surface area contributed by atoms with Crippen molar-refractivity contribution >= 4 is 15.9 Å². The lowest BCUT2D eigenvalue weighted by molar-refractivity contribution is 0.283. The molecule has 1 aromatic heterocycles. The van der Waals surface area contributed by atoms with E-state index in [-0.39, 0.29) is 0 Å². The van der Waals surface area contributed by atoms with Crippen LogP contribution in [0.25, 0.3) is 0 Å². The molecule has 2 aliphatic heterocycles. The Balaban J connectivity index is 1.63. The van der Waals surface area contributed by atoms with Crippen LogP contribution in [0, 0.1) is 5.92 Å². The summed E-state index contributed by atoms with van der Waals surface area (Å²) in [6.07, 6.45) is 4.47. The quantitative estimate of drug-likeness (QED) is 0.903. The van der Waals surface area contributed by atoms with Gasteiger partial charge in [0.25, 0.3) is 0 Å². The zero-order chi connectivity index (χ0) is 11.0. The molecule has 0 amide bonds. The van der Waals surface area contributed by atoms with Gasteiger partial charge in [-0.2, -0.15) is 0 Å². The summed E-state index contributed by atoms with van der Waals surface area (Å²) >= 11 is 3.51. The van der Waals surface area contributed by atoms with E-state index in [2.05, 4.69) is 26.1 Å². The van der Waals surface area contributed by atoms with Crippen molar-refractivity contribution in [2.24, 2.45) is 5.92 Å². The Kier molecular flexibility index (Phi) is 3.05. The number of piperidine rings is 1. The van der Waals surface area contributed by atoms with Gasteiger partial charge in [0.1, 0.15) is 5.76 Å². The average molecular weight is 285 g/mol. The third-order valence-corrected chi connectivity index (χ3v) is 4.44. The van der Waals surface area contributed by atoms with Crippen molar-refractivity contribution in [3.8, 4) is 0 Å². The van der Waals surface area contributed by atoms with E-state index in [0.29, 0.717) is 6.04 Å². The van der Waals surface area contributed by atoms with Crippen molar-refractivity contribution in [3.05, 3.63) is 22.6 Å². The van der Waals surface area contributed by atoms with Gasteiger partial charge in [-0.3, -0.25) is 4.90 Å². The molecule has 4 heteroatoms. The molecule has 0 aliphatic carbocycles. The molecule has 0 unspecified atom stereocenters. The number of nitrogens with one attached hydrogen (secondary N) is 1. The van der Waals surface area contributed by atoms with E-state index in [9.17, 15) is 0 Å². The third-order valence-electron chi connectivity index (χ3n) is 3.73. The van der Waals surface area contributed by atoms with E-state index >= 15 is 0 Å². The number of furan rings is 1. The Labute approximate surface area is 104 Å². The molecule has 16 heavy (non-hydrogen) atoms. The van der Waals surface area contributed by atoms with Crippen LogP contribution in [0.3, 0.4) is 0 Å². The fourth-order valence-electron chi connectivity index (χ4n) is 2.91. The van der Waals surface area contributed by atoms with Crippen molar-refractivity contribution in [1.82, 2.24) is 10.2 Å². The maximum absolute atomic E-state index is 5.47. The first-order chi connectivity index (χ1) is 7.83. The first-order valence-electron chi connectivity index (χ1n) is 6.00. The summed E-state index contributed by atoms with van der Waals surface area (Å²) in [5.74, 6) is 1.90. The second-order valence-electron chi connectivity index (χ2n) is 4.85. The second kappa shape index (κ2) is 4.51. The molecule has 88 valence electrons. The predicted octanol–water partition coefficient (Wildman–Crippen LogP) is 2.23. The van der Waals surface area contributed by atoms with Crippen LogP contribution in [0.5, 0.6) is 0 Å². The minimum atomic E-state index is 0.711. The van der Waals surface area contributed by atoms with E-state index < -0.39 is 0 Å². The highest BCUT2D eigenvalue weighted by molar-refractivity contribution is 9.10. The van der Waals surface area contributed by atoms with Gasteiger partial charge in [0.05, 0.1) is 17.3 Å². The van der Waals surface area contributed by atoms with Crippen LogP contribution in [-0.4, -0.2) is 30.6 Å². The minimum Gasteiger partial charge on any atom is -0.467 e. The first kappa shape index (κ1) is 10.8. The molecule has 2 aliphatic rings. The Hall–Kier alpha value is -0.320. The summed E-state index contributed by atoms with van der Waals surface area (Å²) in [7, 11) is 0. The van der Waals surface area contributed by atoms with E-state index in [1.807, 2.05) is 6.07 Å². The largest absolute Gasteiger partial charge is 0.467 e. The zero-order valence-corrected chi connectivity index (χ0v) is 10.9. The van der Waals surface area contributed by atoms with Crippen LogP contribution in [0.15, 0.2) is 21.2 Å². The molecule has 3 rings (SSSR count). The normalized spacial score (nSPS) is 30.6. The van der Waals surface area contributed by atoms with Gasteiger partial charge in [0.15, 0.2) is 0 Å². The molecule has 0 spiro atoms. The summed E-state index contributed by atoms with van der Waals surface area (Å²) < 4.78 is 6.56. The zero-order valence-electron chi connectivity index (χ0n) is 9.29. The lowest BCUT2D eigenvalue weighted by atomic mass is 9.94. The van der Waals surface area contributed by atoms with Gasteiger partial charge in [-0.15, -0.1) is 0 Å². The molecule has 0 bridgehead atoms. The number of halogens is 1. The molecule has 2 saturated heterocycles. The molecular weight excluding hydrogens is 268 g/mol. The van der Waals surface area contributed by atoms with Gasteiger partial charge in [0.2, 0.25) is 0 Å². The third kappa shape index (κ3) is 2.06. The van der Waals surface area contributed by atoms with Crippen molar-refractivity contribution in [3.63, 3.8) is 0 Å². The molecule has 3 nitrogen and oxygen atoms in total. The van der Waals surface area contributed by atoms with E-state index in [1.165, 1.54) is 25.9 Å². The number of likely N-dealkylation sites (tertiary alicyclic amines) is 1. The first-order valence-corrected chi connectivity index (χ1v) is 6.80. The number of nitrogens with zero attached hydrogens (tertiary/aromatic N) is 1. The lowest BCUT2D eigenvalue weighted by Gasteiger charge is -2.24. The van der Waals surface area contributed by atoms with Gasteiger partial charge >= 0.3 is 0 Å². The molecule has 0 saturated carbocycles. The molecule has 0 radical (unpaired) electrons. The van der Waals surface area contributed by atoms with Gasteiger partial charge < -0.3 is 9.73 Å². The van der Waals surface area contributed by atoms with Crippen LogP contribution in [0.2, 0.25) is 0 Å². The van der Waals surface area contributed by atoms with Gasteiger partial charge in [-0.1, -0.05) is 0 Å². The SMILES string of the molecule is Brc1ccoc1CN1C[C@@H]2CCCN[C@@H]2C1. The maximum atomic E-state index is 5.47. The predicted molar refractivity (Wildman–Crippen MR) is 66.2 cm³/mol. The highest BCUT2D eigenvalue weighted by Crippen LogP contribution is 2.27. The lowest BCUT2D eigenvalue weighted by Crippen LogP contribution is -2.40. The summed E-state index contributed by atoms with van der Waals surface area (Å²) in [6.45, 7) is 4.50. The number of hydrogen-bond acceptors (Lipinski definition) is 3. The van der Waals surface area contributed by atoms with E-state index in [0.717, 1.165) is 29.2 Å². The topological polar surface area (TPSA) is 28.4 Å². The molecule has 2 fully saturated rings. The number of hydrogen-bond donors (Lipinski definition) is 1. The fourth-order valence-corrected chi connectivity index (χ4v) is 3.23. The summed E-state index contributed by atoms with van der Waals surface area (Å²) in [6, 6.07) is 2.68. The summed E-state index contributed by atoms with van der Waals surface area (Å²) in [5.41, 5.74) is 0. The molecule has 0 aromatic carbocycles. The molecule has 3 heterocycles. The van der Waals surface area contributed by atoms with E-state index in [4.69, 9.17) is 4.42 Å². The minimum absolute atomic E-state index is 0.711. The molecule has 2 atom stereocenters. The Morgan fingerprint density at radius 2 is 2.44 bits per heavy atom. The van der Waals surface area contributed by atoms with E-state index in [1.54, 1.807) is 6.26 Å². The van der Waals surface area contributed by atoms with Crippen molar-refractivity contribution in [2.75, 3.05) is 19.6 Å². The average Bonchev–Trinajstić information content (AvgIpc) is 2.85. The van der Waals surface area contributed by atoms with Gasteiger partial charge in [-0.25, -0.2) is 0 Å². The highest BCUT2D eigenvalue weighted by Gasteiger charge is 2.34. The van der Waals surface area contributed by atoms with Gasteiger partial charge in [0, 0.05) is 19.1 Å². The summed E-state index contributed by atoms with van der Waals surface area (Å²) in [4.78, 5) is 2.50. The second-order valence-corrected chi connectivity index (χ2v) is 5.70. The molecule has 1 N–H and O–H groups in total. The monoisotopic (exact) mass is 284 g/mol. The van der Waals surface area contributed by atoms with Crippen LogP contribution in [-0.2, 0) is 6.54 Å². The standard InChI is InChI=1S/C12H17BrN2O/c13-10-3-5-16-12(10)8-15-6-9-2-1-4-14-11(9)7-15/h3,5,9,11,14H,1-2,4,6-8H2/t9-,11+/m0/s1. The number of rotatable bonds is 2. The molecule has 1 aromatic rings. The number of fused-ring (bicyclic) bond motifs is 1. The Bertz CT molecular complexity index is 352. The van der Waals surface area contributed by atoms with Crippen LogP contribution >= 0.6 is 15.9 Å². The van der Waals surface area contributed by atoms with Crippen molar-refractivity contribution in [1.29, 1.82) is 0 Å².